The van der Waals surface area contributed by atoms with E-state index in [1.165, 1.54) is 0 Å². The topological polar surface area (TPSA) is 78.9 Å². The van der Waals surface area contributed by atoms with Crippen molar-refractivity contribution in [3.05, 3.63) is 65.2 Å². The van der Waals surface area contributed by atoms with Crippen molar-refractivity contribution >= 4 is 11.6 Å². The quantitative estimate of drug-likeness (QED) is 0.824. The van der Waals surface area contributed by atoms with Gasteiger partial charge in [-0.1, -0.05) is 30.0 Å². The Kier molecular flexibility index (Phi) is 4.71. The van der Waals surface area contributed by atoms with Crippen LogP contribution in [0.4, 0.5) is 5.69 Å². The monoisotopic (exact) mass is 275 g/mol. The summed E-state index contributed by atoms with van der Waals surface area (Å²) >= 11 is 0. The van der Waals surface area contributed by atoms with E-state index in [2.05, 4.69) is 17.2 Å². The normalized spacial score (nSPS) is 9.14. The van der Waals surface area contributed by atoms with Crippen LogP contribution in [-0.4, -0.2) is 12.5 Å². The van der Waals surface area contributed by atoms with Crippen LogP contribution in [0.25, 0.3) is 0 Å². The van der Waals surface area contributed by atoms with Gasteiger partial charge in [0, 0.05) is 11.1 Å². The summed E-state index contributed by atoms with van der Waals surface area (Å²) in [6, 6.07) is 15.8. The molecule has 2 aromatic carbocycles. The molecule has 0 spiro atoms. The Labute approximate surface area is 123 Å². The summed E-state index contributed by atoms with van der Waals surface area (Å²) in [5.41, 5.74) is 7.55. The van der Waals surface area contributed by atoms with Crippen molar-refractivity contribution in [2.24, 2.45) is 5.73 Å². The smallest absolute Gasteiger partial charge is 0.255 e. The minimum absolute atomic E-state index is 0.256. The third kappa shape index (κ3) is 3.70. The van der Waals surface area contributed by atoms with Gasteiger partial charge in [0.25, 0.3) is 5.91 Å². The molecule has 0 radical (unpaired) electrons. The highest BCUT2D eigenvalue weighted by Crippen LogP contribution is 2.15. The van der Waals surface area contributed by atoms with Crippen LogP contribution in [0.2, 0.25) is 0 Å². The molecule has 1 amide bonds. The number of carbonyl (C=O) groups excluding carboxylic acids is 1. The number of nitrogens with two attached hydrogens (primary N) is 1. The van der Waals surface area contributed by atoms with Gasteiger partial charge in [-0.25, -0.2) is 0 Å². The zero-order valence-corrected chi connectivity index (χ0v) is 11.3. The molecule has 21 heavy (non-hydrogen) atoms. The van der Waals surface area contributed by atoms with Gasteiger partial charge in [0.15, 0.2) is 0 Å². The van der Waals surface area contributed by atoms with Crippen molar-refractivity contribution in [2.75, 3.05) is 11.9 Å². The number of amides is 1. The maximum absolute atomic E-state index is 12.2. The Balaban J connectivity index is 2.26. The van der Waals surface area contributed by atoms with Gasteiger partial charge in [-0.15, -0.1) is 0 Å². The van der Waals surface area contributed by atoms with E-state index in [1.807, 2.05) is 24.3 Å². The number of carbonyl (C=O) groups is 1. The molecule has 0 aliphatic rings. The second-order valence-electron chi connectivity index (χ2n) is 4.20. The highest BCUT2D eigenvalue weighted by Gasteiger charge is 2.08. The van der Waals surface area contributed by atoms with Crippen molar-refractivity contribution in [1.82, 2.24) is 0 Å². The predicted molar refractivity (Wildman–Crippen MR) is 81.5 cm³/mol. The highest BCUT2D eigenvalue weighted by molar-refractivity contribution is 6.05. The molecule has 4 nitrogen and oxygen atoms in total. The Hall–Kier alpha value is -3.08. The van der Waals surface area contributed by atoms with E-state index in [0.29, 0.717) is 22.4 Å². The van der Waals surface area contributed by atoms with Crippen LogP contribution >= 0.6 is 0 Å². The first-order valence-corrected chi connectivity index (χ1v) is 6.34. The number of anilines is 1. The lowest BCUT2D eigenvalue weighted by atomic mass is 10.1. The molecule has 4 heteroatoms. The number of benzene rings is 2. The van der Waals surface area contributed by atoms with Gasteiger partial charge in [-0.2, -0.15) is 5.26 Å². The molecule has 0 unspecified atom stereocenters. The number of hydrogen-bond acceptors (Lipinski definition) is 3. The van der Waals surface area contributed by atoms with E-state index >= 15 is 0 Å². The molecule has 0 aliphatic carbocycles. The van der Waals surface area contributed by atoms with Crippen LogP contribution < -0.4 is 11.1 Å². The summed E-state index contributed by atoms with van der Waals surface area (Å²) in [5, 5.41) is 11.7. The van der Waals surface area contributed by atoms with Crippen LogP contribution in [0, 0.1) is 23.2 Å². The highest BCUT2D eigenvalue weighted by atomic mass is 16.1. The Bertz CT molecular complexity index is 763. The van der Waals surface area contributed by atoms with E-state index in [1.54, 1.807) is 30.3 Å². The number of nitrogens with one attached hydrogen (secondary N) is 1. The molecule has 0 heterocycles. The lowest BCUT2D eigenvalue weighted by Crippen LogP contribution is -2.13. The van der Waals surface area contributed by atoms with Crippen molar-refractivity contribution in [3.63, 3.8) is 0 Å². The Morgan fingerprint density at radius 1 is 1.19 bits per heavy atom. The molecule has 2 rings (SSSR count). The number of rotatable bonds is 2. The summed E-state index contributed by atoms with van der Waals surface area (Å²) in [6.07, 6.45) is 0. The second kappa shape index (κ2) is 6.91. The van der Waals surface area contributed by atoms with E-state index in [4.69, 9.17) is 11.0 Å². The van der Waals surface area contributed by atoms with Crippen LogP contribution in [0.15, 0.2) is 48.5 Å². The van der Waals surface area contributed by atoms with E-state index < -0.39 is 0 Å². The predicted octanol–water partition coefficient (Wildman–Crippen LogP) is 2.12. The standard InChI is InChI=1S/C17H13N3O/c18-10-4-8-14-6-1-2-9-16(14)20-17(21)15-7-3-5-13(11-15)12-19/h1-3,5-7,9,11H,10,18H2,(H,20,21). The SMILES string of the molecule is N#Cc1cccc(C(=O)Nc2ccccc2C#CCN)c1. The van der Waals surface area contributed by atoms with Crippen molar-refractivity contribution < 1.29 is 4.79 Å². The zero-order valence-electron chi connectivity index (χ0n) is 11.3. The summed E-state index contributed by atoms with van der Waals surface area (Å²) in [7, 11) is 0. The molecule has 0 bridgehead atoms. The summed E-state index contributed by atoms with van der Waals surface area (Å²) < 4.78 is 0. The van der Waals surface area contributed by atoms with E-state index in [0.717, 1.165) is 0 Å². The zero-order chi connectivity index (χ0) is 15.1. The number of nitrogens with zero attached hydrogens (tertiary/aromatic N) is 1. The van der Waals surface area contributed by atoms with Gasteiger partial charge in [0.1, 0.15) is 0 Å². The number of para-hydroxylation sites is 1. The third-order valence-electron chi connectivity index (χ3n) is 2.75. The Morgan fingerprint density at radius 3 is 2.76 bits per heavy atom. The fraction of sp³-hybridized carbons (Fsp3) is 0.0588. The molecule has 0 saturated carbocycles. The Morgan fingerprint density at radius 2 is 2.00 bits per heavy atom. The first kappa shape index (κ1) is 14.3. The maximum Gasteiger partial charge on any atom is 0.255 e. The molecule has 0 atom stereocenters. The third-order valence-corrected chi connectivity index (χ3v) is 2.75. The van der Waals surface area contributed by atoms with Crippen molar-refractivity contribution in [2.45, 2.75) is 0 Å². The maximum atomic E-state index is 12.2. The molecule has 0 aliphatic heterocycles. The lowest BCUT2D eigenvalue weighted by molar-refractivity contribution is 0.102. The molecular weight excluding hydrogens is 262 g/mol. The van der Waals surface area contributed by atoms with Crippen molar-refractivity contribution in [1.29, 1.82) is 5.26 Å². The van der Waals surface area contributed by atoms with Crippen LogP contribution in [-0.2, 0) is 0 Å². The first-order valence-electron chi connectivity index (χ1n) is 6.34. The number of nitriles is 1. The minimum Gasteiger partial charge on any atom is -0.321 e. The largest absolute Gasteiger partial charge is 0.321 e. The molecule has 0 aromatic heterocycles. The van der Waals surface area contributed by atoms with Crippen LogP contribution in [0.5, 0.6) is 0 Å². The van der Waals surface area contributed by atoms with Gasteiger partial charge >= 0.3 is 0 Å². The van der Waals surface area contributed by atoms with Crippen molar-refractivity contribution in [3.8, 4) is 17.9 Å². The minimum atomic E-state index is -0.283. The molecule has 3 N–H and O–H groups in total. The first-order chi connectivity index (χ1) is 10.2. The summed E-state index contributed by atoms with van der Waals surface area (Å²) in [4.78, 5) is 12.2. The summed E-state index contributed by atoms with van der Waals surface area (Å²) in [6.45, 7) is 0.256. The van der Waals surface area contributed by atoms with Gasteiger partial charge in [-0.05, 0) is 30.3 Å². The average Bonchev–Trinajstić information content (AvgIpc) is 2.54. The second-order valence-corrected chi connectivity index (χ2v) is 4.20. The molecule has 102 valence electrons. The van der Waals surface area contributed by atoms with Gasteiger partial charge in [-0.3, -0.25) is 4.79 Å². The van der Waals surface area contributed by atoms with Crippen LogP contribution in [0.1, 0.15) is 21.5 Å². The molecular formula is C17H13N3O. The lowest BCUT2D eigenvalue weighted by Gasteiger charge is -2.07. The molecule has 2 aromatic rings. The van der Waals surface area contributed by atoms with E-state index in [-0.39, 0.29) is 12.5 Å². The van der Waals surface area contributed by atoms with Gasteiger partial charge in [0.2, 0.25) is 0 Å². The van der Waals surface area contributed by atoms with Gasteiger partial charge < -0.3 is 11.1 Å². The molecule has 0 saturated heterocycles. The van der Waals surface area contributed by atoms with E-state index in [9.17, 15) is 4.79 Å². The molecule has 0 fully saturated rings. The van der Waals surface area contributed by atoms with Crippen LogP contribution in [0.3, 0.4) is 0 Å². The fourth-order valence-corrected chi connectivity index (χ4v) is 1.77. The number of hydrogen-bond donors (Lipinski definition) is 2. The fourth-order valence-electron chi connectivity index (χ4n) is 1.77. The average molecular weight is 275 g/mol. The summed E-state index contributed by atoms with van der Waals surface area (Å²) in [5.74, 6) is 5.39. The van der Waals surface area contributed by atoms with Gasteiger partial charge in [0.05, 0.1) is 23.9 Å².